The Morgan fingerprint density at radius 1 is 1.22 bits per heavy atom. The zero-order valence-electron chi connectivity index (χ0n) is 11.2. The lowest BCUT2D eigenvalue weighted by molar-refractivity contribution is 0.404. The molecule has 1 unspecified atom stereocenters. The number of nitrogens with zero attached hydrogens (tertiary/aromatic N) is 1. The molecule has 108 valence electrons. The number of hydrogen-bond acceptors (Lipinski definition) is 2. The van der Waals surface area contributed by atoms with Crippen molar-refractivity contribution < 1.29 is 8.42 Å². The molecule has 0 bridgehead atoms. The summed E-state index contributed by atoms with van der Waals surface area (Å²) in [6.45, 7) is 4.00. The average Bonchev–Trinajstić information content (AvgIpc) is 2.63. The molecule has 1 saturated heterocycles. The molecule has 1 rings (SSSR count). The number of hydrogen-bond donors (Lipinski definition) is 1. The molecule has 0 aromatic heterocycles. The van der Waals surface area contributed by atoms with E-state index in [-0.39, 0.29) is 0 Å². The van der Waals surface area contributed by atoms with E-state index in [1.807, 2.05) is 0 Å². The van der Waals surface area contributed by atoms with E-state index in [9.17, 15) is 8.42 Å². The summed E-state index contributed by atoms with van der Waals surface area (Å²) in [6.07, 6.45) is 6.28. The third-order valence-corrected chi connectivity index (χ3v) is 5.59. The smallest absolute Gasteiger partial charge is 0.202 e. The Hall–Kier alpha value is 0.350. The zero-order valence-corrected chi connectivity index (χ0v) is 13.6. The molecule has 0 saturated carbocycles. The predicted octanol–water partition coefficient (Wildman–Crippen LogP) is 2.51. The van der Waals surface area contributed by atoms with Crippen molar-refractivity contribution in [1.82, 2.24) is 9.03 Å². The zero-order chi connectivity index (χ0) is 13.4. The minimum Gasteiger partial charge on any atom is -0.202 e. The Morgan fingerprint density at radius 3 is 2.33 bits per heavy atom. The molecule has 0 radical (unpaired) electrons. The van der Waals surface area contributed by atoms with E-state index < -0.39 is 10.2 Å². The summed E-state index contributed by atoms with van der Waals surface area (Å²) >= 11 is 3.41. The van der Waals surface area contributed by atoms with Gasteiger partial charge in [-0.2, -0.15) is 12.7 Å². The number of nitrogens with one attached hydrogen (secondary N) is 1. The van der Waals surface area contributed by atoms with E-state index in [0.717, 1.165) is 43.9 Å². The molecular weight excluding hydrogens is 316 g/mol. The lowest BCUT2D eigenvalue weighted by Crippen LogP contribution is -2.43. The van der Waals surface area contributed by atoms with E-state index in [2.05, 4.69) is 27.6 Å². The highest BCUT2D eigenvalue weighted by Crippen LogP contribution is 2.14. The van der Waals surface area contributed by atoms with Crippen LogP contribution in [-0.4, -0.2) is 37.7 Å². The van der Waals surface area contributed by atoms with Crippen LogP contribution in [0, 0.1) is 5.92 Å². The van der Waals surface area contributed by atoms with Gasteiger partial charge < -0.3 is 0 Å². The van der Waals surface area contributed by atoms with Crippen LogP contribution in [0.15, 0.2) is 0 Å². The van der Waals surface area contributed by atoms with Crippen LogP contribution in [0.25, 0.3) is 0 Å². The summed E-state index contributed by atoms with van der Waals surface area (Å²) in [7, 11) is -3.26. The van der Waals surface area contributed by atoms with Crippen LogP contribution < -0.4 is 4.72 Å². The Balaban J connectivity index is 2.47. The predicted molar refractivity (Wildman–Crippen MR) is 79.2 cm³/mol. The minimum atomic E-state index is -3.26. The lowest BCUT2D eigenvalue weighted by Gasteiger charge is -2.22. The molecular formula is C12H25BrN2O2S. The highest BCUT2D eigenvalue weighted by atomic mass is 79.9. The van der Waals surface area contributed by atoms with Crippen molar-refractivity contribution in [3.8, 4) is 0 Å². The van der Waals surface area contributed by atoms with Crippen LogP contribution in [0.5, 0.6) is 0 Å². The van der Waals surface area contributed by atoms with Gasteiger partial charge in [0.05, 0.1) is 0 Å². The molecule has 0 aromatic carbocycles. The first-order valence-corrected chi connectivity index (χ1v) is 9.47. The molecule has 0 aliphatic carbocycles. The maximum atomic E-state index is 12.2. The molecule has 0 amide bonds. The fourth-order valence-electron chi connectivity index (χ4n) is 2.20. The van der Waals surface area contributed by atoms with Crippen molar-refractivity contribution in [2.75, 3.05) is 25.0 Å². The molecule has 0 spiro atoms. The Labute approximate surface area is 120 Å². The van der Waals surface area contributed by atoms with Crippen molar-refractivity contribution in [3.05, 3.63) is 0 Å². The third kappa shape index (κ3) is 5.55. The topological polar surface area (TPSA) is 49.4 Å². The van der Waals surface area contributed by atoms with Crippen LogP contribution in [-0.2, 0) is 10.2 Å². The van der Waals surface area contributed by atoms with E-state index in [0.29, 0.717) is 25.6 Å². The minimum absolute atomic E-state index is 0.422. The van der Waals surface area contributed by atoms with Gasteiger partial charge in [0.1, 0.15) is 0 Å². The van der Waals surface area contributed by atoms with Crippen LogP contribution in [0.2, 0.25) is 0 Å². The maximum Gasteiger partial charge on any atom is 0.279 e. The summed E-state index contributed by atoms with van der Waals surface area (Å²) in [5.74, 6) is 0.422. The van der Waals surface area contributed by atoms with Gasteiger partial charge in [-0.05, 0) is 25.2 Å². The second-order valence-corrected chi connectivity index (χ2v) is 7.47. The average molecular weight is 341 g/mol. The van der Waals surface area contributed by atoms with E-state index in [1.54, 1.807) is 4.31 Å². The Bertz CT molecular complexity index is 314. The molecule has 1 aliphatic rings. The van der Waals surface area contributed by atoms with Crippen molar-refractivity contribution in [2.24, 2.45) is 5.92 Å². The standard InChI is InChI=1S/C12H25BrN2O2S/c1-2-12(7-8-13)11-14-18(16,17)15-9-5-3-4-6-10-15/h12,14H,2-11H2,1H3. The largest absolute Gasteiger partial charge is 0.279 e. The fraction of sp³-hybridized carbons (Fsp3) is 1.00. The van der Waals surface area contributed by atoms with Crippen LogP contribution in [0.4, 0.5) is 0 Å². The van der Waals surface area contributed by atoms with Gasteiger partial charge in [-0.15, -0.1) is 0 Å². The number of alkyl halides is 1. The molecule has 6 heteroatoms. The van der Waals surface area contributed by atoms with Gasteiger partial charge >= 0.3 is 0 Å². The lowest BCUT2D eigenvalue weighted by atomic mass is 10.0. The second-order valence-electron chi connectivity index (χ2n) is 4.92. The summed E-state index contributed by atoms with van der Waals surface area (Å²) in [5.41, 5.74) is 0. The van der Waals surface area contributed by atoms with Crippen LogP contribution in [0.3, 0.4) is 0 Å². The van der Waals surface area contributed by atoms with Gasteiger partial charge in [-0.1, -0.05) is 42.1 Å². The van der Waals surface area contributed by atoms with Crippen LogP contribution >= 0.6 is 15.9 Å². The first-order valence-electron chi connectivity index (χ1n) is 6.91. The Morgan fingerprint density at radius 2 is 1.83 bits per heavy atom. The van der Waals surface area contributed by atoms with E-state index in [4.69, 9.17) is 0 Å². The normalized spacial score (nSPS) is 20.6. The quantitative estimate of drug-likeness (QED) is 0.724. The molecule has 1 fully saturated rings. The number of halogens is 1. The second kappa shape index (κ2) is 8.51. The van der Waals surface area contributed by atoms with E-state index >= 15 is 0 Å². The SMILES string of the molecule is CCC(CCBr)CNS(=O)(=O)N1CCCCCC1. The van der Waals surface area contributed by atoms with Gasteiger partial charge in [-0.3, -0.25) is 0 Å². The van der Waals surface area contributed by atoms with Gasteiger partial charge in [0.25, 0.3) is 10.2 Å². The molecule has 18 heavy (non-hydrogen) atoms. The molecule has 4 nitrogen and oxygen atoms in total. The third-order valence-electron chi connectivity index (χ3n) is 3.55. The highest BCUT2D eigenvalue weighted by molar-refractivity contribution is 9.09. The van der Waals surface area contributed by atoms with Crippen LogP contribution in [0.1, 0.15) is 45.4 Å². The van der Waals surface area contributed by atoms with Crippen molar-refractivity contribution >= 4 is 26.1 Å². The number of rotatable bonds is 7. The molecule has 1 aliphatic heterocycles. The Kier molecular flexibility index (Phi) is 7.75. The fourth-order valence-corrected chi connectivity index (χ4v) is 4.22. The van der Waals surface area contributed by atoms with Gasteiger partial charge in [-0.25, -0.2) is 4.72 Å². The van der Waals surface area contributed by atoms with E-state index in [1.165, 1.54) is 0 Å². The first kappa shape index (κ1) is 16.4. The molecule has 1 N–H and O–H groups in total. The monoisotopic (exact) mass is 340 g/mol. The summed E-state index contributed by atoms with van der Waals surface area (Å²) in [4.78, 5) is 0. The molecule has 1 heterocycles. The molecule has 1 atom stereocenters. The summed E-state index contributed by atoms with van der Waals surface area (Å²) in [5, 5.41) is 0.928. The van der Waals surface area contributed by atoms with Crippen molar-refractivity contribution in [2.45, 2.75) is 45.4 Å². The van der Waals surface area contributed by atoms with Crippen molar-refractivity contribution in [1.29, 1.82) is 0 Å². The molecule has 0 aromatic rings. The van der Waals surface area contributed by atoms with Crippen molar-refractivity contribution in [3.63, 3.8) is 0 Å². The highest BCUT2D eigenvalue weighted by Gasteiger charge is 2.23. The summed E-state index contributed by atoms with van der Waals surface area (Å²) in [6, 6.07) is 0. The van der Waals surface area contributed by atoms with Gasteiger partial charge in [0.2, 0.25) is 0 Å². The van der Waals surface area contributed by atoms with Gasteiger partial charge in [0, 0.05) is 25.0 Å². The van der Waals surface area contributed by atoms with Gasteiger partial charge in [0.15, 0.2) is 0 Å². The summed E-state index contributed by atoms with van der Waals surface area (Å²) < 4.78 is 28.7. The maximum absolute atomic E-state index is 12.2. The first-order chi connectivity index (χ1) is 8.60.